The van der Waals surface area contributed by atoms with Crippen LogP contribution in [0.2, 0.25) is 0 Å². The lowest BCUT2D eigenvalue weighted by molar-refractivity contribution is 0.0944. The van der Waals surface area contributed by atoms with Crippen LogP contribution in [0, 0.1) is 0 Å². The number of hydrogen-bond donors (Lipinski definition) is 2. The fraction of sp³-hybridized carbons (Fsp3) is 0.211. The molecule has 0 saturated carbocycles. The maximum atomic E-state index is 12.5. The molecule has 0 aliphatic carbocycles. The maximum absolute atomic E-state index is 12.5. The van der Waals surface area contributed by atoms with Crippen LogP contribution < -0.4 is 5.32 Å². The molecule has 1 amide bonds. The summed E-state index contributed by atoms with van der Waals surface area (Å²) < 4.78 is 2.15. The van der Waals surface area contributed by atoms with Crippen LogP contribution in [0.15, 0.2) is 47.2 Å². The largest absolute Gasteiger partial charge is 0.343 e. The quantitative estimate of drug-likeness (QED) is 0.561. The van der Waals surface area contributed by atoms with E-state index in [4.69, 9.17) is 0 Å². The number of aromatic nitrogens is 4. The molecular formula is C19H19N5OS. The summed E-state index contributed by atoms with van der Waals surface area (Å²) in [5.74, 6) is 0.647. The lowest BCUT2D eigenvalue weighted by Crippen LogP contribution is -2.25. The molecular weight excluding hydrogens is 346 g/mol. The van der Waals surface area contributed by atoms with Gasteiger partial charge in [-0.05, 0) is 43.5 Å². The highest BCUT2D eigenvalue weighted by Gasteiger charge is 2.15. The van der Waals surface area contributed by atoms with E-state index in [0.29, 0.717) is 12.2 Å². The van der Waals surface area contributed by atoms with Crippen molar-refractivity contribution in [2.24, 2.45) is 0 Å². The number of nitrogens with one attached hydrogen (secondary N) is 2. The Morgan fingerprint density at radius 2 is 2.15 bits per heavy atom. The smallest absolute Gasteiger partial charge is 0.269 e. The molecule has 1 aromatic carbocycles. The van der Waals surface area contributed by atoms with Crippen molar-refractivity contribution >= 4 is 28.3 Å². The predicted octanol–water partition coefficient (Wildman–Crippen LogP) is 4.00. The van der Waals surface area contributed by atoms with Crippen molar-refractivity contribution in [1.29, 1.82) is 0 Å². The number of para-hydroxylation sites is 2. The van der Waals surface area contributed by atoms with Crippen molar-refractivity contribution in [3.05, 3.63) is 58.7 Å². The van der Waals surface area contributed by atoms with Gasteiger partial charge in [0.1, 0.15) is 11.5 Å². The Morgan fingerprint density at radius 1 is 1.31 bits per heavy atom. The van der Waals surface area contributed by atoms with Gasteiger partial charge in [-0.15, -0.1) is 0 Å². The number of aromatic amines is 1. The van der Waals surface area contributed by atoms with Gasteiger partial charge in [-0.1, -0.05) is 12.1 Å². The van der Waals surface area contributed by atoms with Gasteiger partial charge in [-0.2, -0.15) is 16.4 Å². The summed E-state index contributed by atoms with van der Waals surface area (Å²) in [5, 5.41) is 14.0. The second kappa shape index (κ2) is 6.76. The number of benzene rings is 1. The van der Waals surface area contributed by atoms with Crippen LogP contribution in [-0.4, -0.2) is 25.7 Å². The van der Waals surface area contributed by atoms with Gasteiger partial charge in [0, 0.05) is 17.0 Å². The molecule has 3 aromatic heterocycles. The second-order valence-electron chi connectivity index (χ2n) is 6.34. The Morgan fingerprint density at radius 3 is 2.92 bits per heavy atom. The average molecular weight is 365 g/mol. The molecule has 0 aliphatic rings. The third kappa shape index (κ3) is 3.01. The first-order valence-corrected chi connectivity index (χ1v) is 9.40. The summed E-state index contributed by atoms with van der Waals surface area (Å²) in [4.78, 5) is 17.1. The van der Waals surface area contributed by atoms with Crippen LogP contribution >= 0.6 is 11.3 Å². The van der Waals surface area contributed by atoms with E-state index in [1.165, 1.54) is 0 Å². The molecule has 0 unspecified atom stereocenters. The number of amides is 1. The number of rotatable bonds is 5. The minimum Gasteiger partial charge on any atom is -0.343 e. The first kappa shape index (κ1) is 16.5. The average Bonchev–Trinajstić information content (AvgIpc) is 3.37. The van der Waals surface area contributed by atoms with Gasteiger partial charge in [0.25, 0.3) is 5.91 Å². The molecule has 0 atom stereocenters. The molecule has 4 rings (SSSR count). The van der Waals surface area contributed by atoms with Crippen molar-refractivity contribution in [1.82, 2.24) is 25.1 Å². The molecule has 3 heterocycles. The Hall–Kier alpha value is -2.93. The van der Waals surface area contributed by atoms with Gasteiger partial charge in [0.2, 0.25) is 0 Å². The Balaban J connectivity index is 1.53. The number of nitrogens with zero attached hydrogens (tertiary/aromatic N) is 3. The normalized spacial score (nSPS) is 11.3. The molecule has 7 heteroatoms. The van der Waals surface area contributed by atoms with E-state index in [2.05, 4.69) is 45.0 Å². The SMILES string of the molecule is CC(C)n1c(CNC(=O)c2cc(-c3ccsc3)n[nH]2)nc2ccccc21. The summed E-state index contributed by atoms with van der Waals surface area (Å²) in [6, 6.07) is 12.0. The Bertz CT molecular complexity index is 1050. The summed E-state index contributed by atoms with van der Waals surface area (Å²) in [7, 11) is 0. The van der Waals surface area contributed by atoms with E-state index in [1.54, 1.807) is 17.4 Å². The highest BCUT2D eigenvalue weighted by atomic mass is 32.1. The number of imidazole rings is 1. The molecule has 0 spiro atoms. The minimum absolute atomic E-state index is 0.193. The van der Waals surface area contributed by atoms with E-state index in [1.807, 2.05) is 35.0 Å². The minimum atomic E-state index is -0.193. The summed E-state index contributed by atoms with van der Waals surface area (Å²) in [5.41, 5.74) is 4.23. The van der Waals surface area contributed by atoms with Crippen LogP contribution in [0.1, 0.15) is 36.2 Å². The highest BCUT2D eigenvalue weighted by Crippen LogP contribution is 2.22. The van der Waals surface area contributed by atoms with Crippen LogP contribution in [0.3, 0.4) is 0 Å². The molecule has 0 saturated heterocycles. The molecule has 4 aromatic rings. The standard InChI is InChI=1S/C19H19N5OS/c1-12(2)24-17-6-4-3-5-14(17)21-18(24)10-20-19(25)16-9-15(22-23-16)13-7-8-26-11-13/h3-9,11-12H,10H2,1-2H3,(H,20,25)(H,22,23). The molecule has 0 bridgehead atoms. The molecule has 6 nitrogen and oxygen atoms in total. The molecule has 132 valence electrons. The van der Waals surface area contributed by atoms with E-state index >= 15 is 0 Å². The van der Waals surface area contributed by atoms with Crippen molar-refractivity contribution < 1.29 is 4.79 Å². The summed E-state index contributed by atoms with van der Waals surface area (Å²) in [6.07, 6.45) is 0. The fourth-order valence-corrected chi connectivity index (χ4v) is 3.70. The zero-order valence-corrected chi connectivity index (χ0v) is 15.4. The zero-order valence-electron chi connectivity index (χ0n) is 14.6. The van der Waals surface area contributed by atoms with E-state index in [9.17, 15) is 4.79 Å². The highest BCUT2D eigenvalue weighted by molar-refractivity contribution is 7.08. The van der Waals surface area contributed by atoms with Crippen LogP contribution in [0.4, 0.5) is 0 Å². The van der Waals surface area contributed by atoms with Crippen molar-refractivity contribution in [3.8, 4) is 11.3 Å². The fourth-order valence-electron chi connectivity index (χ4n) is 3.05. The lowest BCUT2D eigenvalue weighted by Gasteiger charge is -2.13. The molecule has 2 N–H and O–H groups in total. The number of thiophene rings is 1. The van der Waals surface area contributed by atoms with Gasteiger partial charge >= 0.3 is 0 Å². The molecule has 0 aliphatic heterocycles. The first-order valence-electron chi connectivity index (χ1n) is 8.45. The predicted molar refractivity (Wildman–Crippen MR) is 103 cm³/mol. The molecule has 0 fully saturated rings. The number of fused-ring (bicyclic) bond motifs is 1. The van der Waals surface area contributed by atoms with E-state index < -0.39 is 0 Å². The third-order valence-electron chi connectivity index (χ3n) is 4.23. The number of hydrogen-bond acceptors (Lipinski definition) is 4. The maximum Gasteiger partial charge on any atom is 0.269 e. The van der Waals surface area contributed by atoms with Crippen LogP contribution in [0.25, 0.3) is 22.3 Å². The van der Waals surface area contributed by atoms with Crippen molar-refractivity contribution in [2.75, 3.05) is 0 Å². The number of carbonyl (C=O) groups excluding carboxylic acids is 1. The lowest BCUT2D eigenvalue weighted by atomic mass is 10.2. The first-order chi connectivity index (χ1) is 12.6. The molecule has 0 radical (unpaired) electrons. The monoisotopic (exact) mass is 365 g/mol. The summed E-state index contributed by atoms with van der Waals surface area (Å²) in [6.45, 7) is 4.58. The summed E-state index contributed by atoms with van der Waals surface area (Å²) >= 11 is 1.60. The van der Waals surface area contributed by atoms with Gasteiger partial charge in [0.05, 0.1) is 23.3 Å². The number of carbonyl (C=O) groups is 1. The van der Waals surface area contributed by atoms with Gasteiger partial charge < -0.3 is 9.88 Å². The van der Waals surface area contributed by atoms with E-state index in [-0.39, 0.29) is 11.9 Å². The third-order valence-corrected chi connectivity index (χ3v) is 4.91. The number of H-pyrrole nitrogens is 1. The zero-order chi connectivity index (χ0) is 18.1. The Kier molecular flexibility index (Phi) is 4.30. The van der Waals surface area contributed by atoms with Crippen LogP contribution in [-0.2, 0) is 6.54 Å². The van der Waals surface area contributed by atoms with Crippen LogP contribution in [0.5, 0.6) is 0 Å². The van der Waals surface area contributed by atoms with E-state index in [0.717, 1.165) is 28.1 Å². The second-order valence-corrected chi connectivity index (χ2v) is 7.12. The van der Waals surface area contributed by atoms with Crippen molar-refractivity contribution in [2.45, 2.75) is 26.4 Å². The van der Waals surface area contributed by atoms with Gasteiger partial charge in [-0.25, -0.2) is 4.98 Å². The topological polar surface area (TPSA) is 75.6 Å². The van der Waals surface area contributed by atoms with Gasteiger partial charge in [-0.3, -0.25) is 9.89 Å². The Labute approximate surface area is 154 Å². The van der Waals surface area contributed by atoms with Gasteiger partial charge in [0.15, 0.2) is 0 Å². The molecule has 26 heavy (non-hydrogen) atoms. The van der Waals surface area contributed by atoms with Crippen molar-refractivity contribution in [3.63, 3.8) is 0 Å².